The molecule has 2 unspecified atom stereocenters. The molecule has 10 heavy (non-hydrogen) atoms. The summed E-state index contributed by atoms with van der Waals surface area (Å²) < 4.78 is 29.7. The summed E-state index contributed by atoms with van der Waals surface area (Å²) in [7, 11) is -3.83. The lowest BCUT2D eigenvalue weighted by atomic mass is 10.4. The third kappa shape index (κ3) is 1.65. The maximum absolute atomic E-state index is 10.6. The van der Waals surface area contributed by atoms with Crippen molar-refractivity contribution in [3.05, 3.63) is 0 Å². The molecule has 60 valence electrons. The van der Waals surface area contributed by atoms with E-state index in [1.54, 1.807) is 0 Å². The van der Waals surface area contributed by atoms with E-state index in [1.807, 2.05) is 0 Å². The van der Waals surface area contributed by atoms with E-state index in [-0.39, 0.29) is 5.25 Å². The first-order chi connectivity index (χ1) is 4.52. The minimum atomic E-state index is -3.83. The summed E-state index contributed by atoms with van der Waals surface area (Å²) >= 11 is 4.04. The quantitative estimate of drug-likeness (QED) is 0.464. The van der Waals surface area contributed by atoms with E-state index < -0.39 is 15.4 Å². The van der Waals surface area contributed by atoms with Crippen molar-refractivity contribution in [1.82, 2.24) is 0 Å². The van der Waals surface area contributed by atoms with Crippen LogP contribution in [0.1, 0.15) is 19.3 Å². The zero-order valence-electron chi connectivity index (χ0n) is 5.40. The molecule has 0 bridgehead atoms. The van der Waals surface area contributed by atoms with Crippen LogP contribution in [0, 0.1) is 0 Å². The summed E-state index contributed by atoms with van der Waals surface area (Å²) in [6.07, 6.45) is 2.18. The van der Waals surface area contributed by atoms with Crippen LogP contribution < -0.4 is 0 Å². The normalized spacial score (nSPS) is 34.6. The van der Waals surface area contributed by atoms with Crippen LogP contribution in [0.2, 0.25) is 0 Å². The highest BCUT2D eigenvalue weighted by molar-refractivity contribution is 7.88. The topological polar surface area (TPSA) is 54.4 Å². The summed E-state index contributed by atoms with van der Waals surface area (Å²) in [5.74, 6) is 0. The van der Waals surface area contributed by atoms with Gasteiger partial charge in [-0.3, -0.25) is 4.55 Å². The first kappa shape index (κ1) is 8.36. The molecular formula is C5H10O3S2. The van der Waals surface area contributed by atoms with E-state index in [0.717, 1.165) is 12.8 Å². The van der Waals surface area contributed by atoms with Gasteiger partial charge in [-0.05, 0) is 12.8 Å². The van der Waals surface area contributed by atoms with E-state index in [0.29, 0.717) is 6.42 Å². The molecule has 0 amide bonds. The number of rotatable bonds is 1. The van der Waals surface area contributed by atoms with Gasteiger partial charge in [0.25, 0.3) is 10.1 Å². The molecule has 0 aromatic rings. The molecule has 5 heteroatoms. The average Bonchev–Trinajstić information content (AvgIpc) is 2.11. The Kier molecular flexibility index (Phi) is 2.27. The summed E-state index contributed by atoms with van der Waals surface area (Å²) in [6, 6.07) is 0. The smallest absolute Gasteiger partial charge is 0.268 e. The van der Waals surface area contributed by atoms with E-state index in [4.69, 9.17) is 4.55 Å². The Morgan fingerprint density at radius 2 is 2.00 bits per heavy atom. The first-order valence-corrected chi connectivity index (χ1v) is 5.18. The van der Waals surface area contributed by atoms with E-state index in [9.17, 15) is 8.42 Å². The third-order valence-corrected chi connectivity index (χ3v) is 3.95. The zero-order chi connectivity index (χ0) is 7.78. The van der Waals surface area contributed by atoms with E-state index in [2.05, 4.69) is 12.6 Å². The monoisotopic (exact) mass is 182 g/mol. The van der Waals surface area contributed by atoms with Crippen molar-refractivity contribution in [2.75, 3.05) is 0 Å². The molecule has 1 saturated carbocycles. The van der Waals surface area contributed by atoms with Crippen molar-refractivity contribution in [3.8, 4) is 0 Å². The van der Waals surface area contributed by atoms with Gasteiger partial charge in [0.15, 0.2) is 0 Å². The van der Waals surface area contributed by atoms with Gasteiger partial charge in [-0.15, -0.1) is 0 Å². The van der Waals surface area contributed by atoms with E-state index in [1.165, 1.54) is 0 Å². The van der Waals surface area contributed by atoms with Gasteiger partial charge >= 0.3 is 0 Å². The van der Waals surface area contributed by atoms with Crippen LogP contribution in [0.5, 0.6) is 0 Å². The van der Waals surface area contributed by atoms with Gasteiger partial charge in [0.2, 0.25) is 0 Å². The summed E-state index contributed by atoms with van der Waals surface area (Å²) in [6.45, 7) is 0. The Labute approximate surface area is 66.0 Å². The van der Waals surface area contributed by atoms with E-state index >= 15 is 0 Å². The van der Waals surface area contributed by atoms with Gasteiger partial charge in [0.05, 0.1) is 5.25 Å². The Morgan fingerprint density at radius 3 is 2.20 bits per heavy atom. The van der Waals surface area contributed by atoms with Crippen molar-refractivity contribution in [3.63, 3.8) is 0 Å². The molecule has 1 N–H and O–H groups in total. The molecular weight excluding hydrogens is 172 g/mol. The second-order valence-electron chi connectivity index (χ2n) is 2.55. The Morgan fingerprint density at radius 1 is 1.40 bits per heavy atom. The summed E-state index contributed by atoms with van der Waals surface area (Å²) in [5, 5.41) is -0.800. The van der Waals surface area contributed by atoms with Gasteiger partial charge in [0.1, 0.15) is 0 Å². The van der Waals surface area contributed by atoms with Crippen molar-refractivity contribution >= 4 is 22.7 Å². The fraction of sp³-hybridized carbons (Fsp3) is 1.00. The highest BCUT2D eigenvalue weighted by Crippen LogP contribution is 2.28. The molecule has 0 spiro atoms. The second kappa shape index (κ2) is 2.71. The fourth-order valence-electron chi connectivity index (χ4n) is 1.25. The summed E-state index contributed by atoms with van der Waals surface area (Å²) in [4.78, 5) is 0. The highest BCUT2D eigenvalue weighted by atomic mass is 32.2. The van der Waals surface area contributed by atoms with Gasteiger partial charge in [-0.1, -0.05) is 6.42 Å². The lowest BCUT2D eigenvalue weighted by Gasteiger charge is -2.09. The average molecular weight is 182 g/mol. The Hall–Kier alpha value is 0.260. The molecule has 1 aliphatic carbocycles. The van der Waals surface area contributed by atoms with Crippen molar-refractivity contribution < 1.29 is 13.0 Å². The molecule has 2 atom stereocenters. The number of hydrogen-bond acceptors (Lipinski definition) is 3. The summed E-state index contributed by atoms with van der Waals surface area (Å²) in [5.41, 5.74) is 0. The number of hydrogen-bond donors (Lipinski definition) is 2. The van der Waals surface area contributed by atoms with Gasteiger partial charge in [-0.25, -0.2) is 0 Å². The lowest BCUT2D eigenvalue weighted by Crippen LogP contribution is -2.24. The van der Waals surface area contributed by atoms with Crippen LogP contribution in [-0.2, 0) is 10.1 Å². The zero-order valence-corrected chi connectivity index (χ0v) is 7.11. The first-order valence-electron chi connectivity index (χ1n) is 3.16. The molecule has 0 aromatic carbocycles. The van der Waals surface area contributed by atoms with Crippen LogP contribution in [0.25, 0.3) is 0 Å². The molecule has 0 saturated heterocycles. The number of thiol groups is 1. The predicted octanol–water partition coefficient (Wildman–Crippen LogP) is 0.725. The van der Waals surface area contributed by atoms with Crippen LogP contribution in [0.15, 0.2) is 0 Å². The van der Waals surface area contributed by atoms with Gasteiger partial charge in [0, 0.05) is 5.25 Å². The van der Waals surface area contributed by atoms with Gasteiger partial charge in [-0.2, -0.15) is 21.0 Å². The fourth-order valence-corrected chi connectivity index (χ4v) is 3.04. The van der Waals surface area contributed by atoms with Crippen molar-refractivity contribution in [1.29, 1.82) is 0 Å². The lowest BCUT2D eigenvalue weighted by molar-refractivity contribution is 0.468. The largest absolute Gasteiger partial charge is 0.285 e. The van der Waals surface area contributed by atoms with Crippen molar-refractivity contribution in [2.24, 2.45) is 0 Å². The van der Waals surface area contributed by atoms with Crippen LogP contribution in [0.3, 0.4) is 0 Å². The standard InChI is InChI=1S/C5H10O3S2/c6-10(7,8)5-3-1-2-4(5)9/h4-5,9H,1-3H2,(H,6,7,8). The molecule has 1 fully saturated rings. The maximum atomic E-state index is 10.6. The minimum absolute atomic E-state index is 0.171. The third-order valence-electron chi connectivity index (χ3n) is 1.80. The SMILES string of the molecule is O=S(=O)(O)C1CCCC1S. The van der Waals surface area contributed by atoms with Crippen LogP contribution in [-0.4, -0.2) is 23.5 Å². The Balaban J connectivity index is 2.74. The predicted molar refractivity (Wildman–Crippen MR) is 42.0 cm³/mol. The maximum Gasteiger partial charge on any atom is 0.268 e. The van der Waals surface area contributed by atoms with Crippen molar-refractivity contribution in [2.45, 2.75) is 29.8 Å². The minimum Gasteiger partial charge on any atom is -0.285 e. The highest BCUT2D eigenvalue weighted by Gasteiger charge is 2.33. The van der Waals surface area contributed by atoms with Crippen LogP contribution in [0.4, 0.5) is 0 Å². The second-order valence-corrected chi connectivity index (χ2v) is 4.85. The molecule has 0 aliphatic heterocycles. The molecule has 0 radical (unpaired) electrons. The molecule has 0 heterocycles. The van der Waals surface area contributed by atoms with Crippen LogP contribution >= 0.6 is 12.6 Å². The molecule has 3 nitrogen and oxygen atoms in total. The molecule has 1 rings (SSSR count). The Bertz CT molecular complexity index is 209. The molecule has 0 aromatic heterocycles. The molecule has 1 aliphatic rings. The van der Waals surface area contributed by atoms with Gasteiger partial charge < -0.3 is 0 Å².